The van der Waals surface area contributed by atoms with E-state index in [1.165, 1.54) is 11.3 Å². The van der Waals surface area contributed by atoms with Gasteiger partial charge >= 0.3 is 0 Å². The smallest absolute Gasteiger partial charge is 0.267 e. The van der Waals surface area contributed by atoms with Gasteiger partial charge in [0.2, 0.25) is 0 Å². The highest BCUT2D eigenvalue weighted by Gasteiger charge is 2.13. The highest BCUT2D eigenvalue weighted by atomic mass is 79.9. The van der Waals surface area contributed by atoms with Crippen LogP contribution in [0.3, 0.4) is 0 Å². The van der Waals surface area contributed by atoms with E-state index in [0.717, 1.165) is 20.0 Å². The average Bonchev–Trinajstić information content (AvgIpc) is 3.11. The van der Waals surface area contributed by atoms with Crippen LogP contribution in [0, 0.1) is 0 Å². The van der Waals surface area contributed by atoms with Crippen LogP contribution in [0.25, 0.3) is 9.88 Å². The van der Waals surface area contributed by atoms with Gasteiger partial charge in [0.25, 0.3) is 5.91 Å². The molecule has 6 heteroatoms. The van der Waals surface area contributed by atoms with Gasteiger partial charge in [-0.1, -0.05) is 18.2 Å². The number of nitrogens with one attached hydrogen (secondary N) is 1. The lowest BCUT2D eigenvalue weighted by Gasteiger charge is -2.04. The normalized spacial score (nSPS) is 10.4. The number of hydrogen-bond donors (Lipinski definition) is 1. The number of carbonyl (C=O) groups excluding carboxylic acids is 1. The summed E-state index contributed by atoms with van der Waals surface area (Å²) in [7, 11) is 0. The molecule has 0 spiro atoms. The zero-order valence-corrected chi connectivity index (χ0v) is 13.4. The Balaban J connectivity index is 1.80. The largest absolute Gasteiger partial charge is 0.320 e. The lowest BCUT2D eigenvalue weighted by atomic mass is 10.3. The van der Waals surface area contributed by atoms with Crippen LogP contribution >= 0.6 is 38.6 Å². The molecule has 0 aliphatic heterocycles. The van der Waals surface area contributed by atoms with E-state index in [1.54, 1.807) is 17.5 Å². The topological polar surface area (TPSA) is 42.0 Å². The number of para-hydroxylation sites is 1. The second-order valence-electron chi connectivity index (χ2n) is 3.94. The second-order valence-corrected chi connectivity index (χ2v) is 6.77. The molecule has 0 aliphatic carbocycles. The number of rotatable bonds is 3. The number of hydrogen-bond acceptors (Lipinski definition) is 4. The van der Waals surface area contributed by atoms with Crippen molar-refractivity contribution in [1.82, 2.24) is 4.98 Å². The molecule has 0 radical (unpaired) electrons. The summed E-state index contributed by atoms with van der Waals surface area (Å²) < 4.78 is 0.858. The van der Waals surface area contributed by atoms with Gasteiger partial charge in [-0.05, 0) is 39.5 Å². The van der Waals surface area contributed by atoms with Gasteiger partial charge in [-0.25, -0.2) is 4.98 Å². The second kappa shape index (κ2) is 5.87. The summed E-state index contributed by atoms with van der Waals surface area (Å²) in [5, 5.41) is 5.74. The van der Waals surface area contributed by atoms with E-state index < -0.39 is 0 Å². The van der Waals surface area contributed by atoms with Gasteiger partial charge in [-0.3, -0.25) is 4.79 Å². The van der Waals surface area contributed by atoms with Crippen molar-refractivity contribution in [3.63, 3.8) is 0 Å². The van der Waals surface area contributed by atoms with Crippen molar-refractivity contribution >= 4 is 50.2 Å². The number of carbonyl (C=O) groups is 1. The van der Waals surface area contributed by atoms with Crippen molar-refractivity contribution in [1.29, 1.82) is 0 Å². The van der Waals surface area contributed by atoms with E-state index in [9.17, 15) is 4.79 Å². The fraction of sp³-hybridized carbons (Fsp3) is 0. The Morgan fingerprint density at radius 3 is 2.80 bits per heavy atom. The Morgan fingerprint density at radius 2 is 2.05 bits per heavy atom. The minimum absolute atomic E-state index is 0.141. The van der Waals surface area contributed by atoms with Gasteiger partial charge in [0, 0.05) is 4.47 Å². The van der Waals surface area contributed by atoms with Gasteiger partial charge in [0.1, 0.15) is 9.88 Å². The molecule has 20 heavy (non-hydrogen) atoms. The molecule has 0 saturated carbocycles. The molecule has 0 unspecified atom stereocenters. The van der Waals surface area contributed by atoms with E-state index >= 15 is 0 Å². The molecule has 2 heterocycles. The van der Waals surface area contributed by atoms with Crippen LogP contribution in [0.4, 0.5) is 5.69 Å². The quantitative estimate of drug-likeness (QED) is 0.718. The lowest BCUT2D eigenvalue weighted by Crippen LogP contribution is -2.10. The molecule has 1 amide bonds. The molecule has 1 aromatic carbocycles. The number of nitrogens with zero attached hydrogens (tertiary/aromatic N) is 1. The summed E-state index contributed by atoms with van der Waals surface area (Å²) in [5.41, 5.74) is 0.753. The fourth-order valence-corrected chi connectivity index (χ4v) is 3.64. The maximum atomic E-state index is 12.2. The Bertz CT molecular complexity index is 737. The lowest BCUT2D eigenvalue weighted by molar-refractivity contribution is 0.103. The molecule has 0 aliphatic rings. The minimum Gasteiger partial charge on any atom is -0.320 e. The van der Waals surface area contributed by atoms with E-state index in [4.69, 9.17) is 0 Å². The van der Waals surface area contributed by atoms with Gasteiger partial charge in [0.15, 0.2) is 0 Å². The number of thiazole rings is 1. The number of thiophene rings is 1. The van der Waals surface area contributed by atoms with Gasteiger partial charge in [0.05, 0.1) is 16.8 Å². The van der Waals surface area contributed by atoms with E-state index in [0.29, 0.717) is 4.88 Å². The monoisotopic (exact) mass is 364 g/mol. The Hall–Kier alpha value is -1.50. The van der Waals surface area contributed by atoms with Crippen molar-refractivity contribution in [2.24, 2.45) is 0 Å². The molecule has 0 atom stereocenters. The summed E-state index contributed by atoms with van der Waals surface area (Å²) in [6, 6.07) is 11.5. The highest BCUT2D eigenvalue weighted by Crippen LogP contribution is 2.29. The maximum Gasteiger partial charge on any atom is 0.267 e. The Kier molecular flexibility index (Phi) is 3.95. The number of amides is 1. The van der Waals surface area contributed by atoms with Crippen molar-refractivity contribution in [3.8, 4) is 9.88 Å². The molecule has 1 N–H and O–H groups in total. The third-order valence-corrected chi connectivity index (χ3v) is 5.31. The zero-order chi connectivity index (χ0) is 13.9. The van der Waals surface area contributed by atoms with Gasteiger partial charge in [-0.2, -0.15) is 0 Å². The number of benzene rings is 1. The van der Waals surface area contributed by atoms with Crippen LogP contribution in [-0.4, -0.2) is 10.9 Å². The number of anilines is 1. The molecule has 2 aromatic heterocycles. The summed E-state index contributed by atoms with van der Waals surface area (Å²) in [5.74, 6) is -0.141. The summed E-state index contributed by atoms with van der Waals surface area (Å²) in [6.45, 7) is 0. The third-order valence-electron chi connectivity index (χ3n) is 2.58. The first-order chi connectivity index (χ1) is 9.74. The maximum absolute atomic E-state index is 12.2. The van der Waals surface area contributed by atoms with Gasteiger partial charge < -0.3 is 5.32 Å². The van der Waals surface area contributed by atoms with Crippen LogP contribution in [0.1, 0.15) is 9.67 Å². The number of halogens is 1. The van der Waals surface area contributed by atoms with Crippen LogP contribution in [0.15, 0.2) is 52.4 Å². The molecule has 3 aromatic rings. The van der Waals surface area contributed by atoms with Crippen molar-refractivity contribution in [3.05, 3.63) is 57.3 Å². The third kappa shape index (κ3) is 2.82. The van der Waals surface area contributed by atoms with E-state index in [2.05, 4.69) is 26.2 Å². The highest BCUT2D eigenvalue weighted by molar-refractivity contribution is 9.10. The minimum atomic E-state index is -0.141. The number of aromatic nitrogens is 1. The van der Waals surface area contributed by atoms with Crippen molar-refractivity contribution in [2.75, 3.05) is 5.32 Å². The molecule has 0 fully saturated rings. The SMILES string of the molecule is O=C(Nc1ccccc1Br)c1cnc(-c2cccs2)s1. The van der Waals surface area contributed by atoms with E-state index in [-0.39, 0.29) is 5.91 Å². The first kappa shape index (κ1) is 13.5. The molecule has 0 saturated heterocycles. The summed E-state index contributed by atoms with van der Waals surface area (Å²) in [6.07, 6.45) is 1.62. The first-order valence-electron chi connectivity index (χ1n) is 5.79. The Labute approximate surface area is 132 Å². The molecule has 3 nitrogen and oxygen atoms in total. The zero-order valence-electron chi connectivity index (χ0n) is 10.2. The molecule has 0 bridgehead atoms. The molecular formula is C14H9BrN2OS2. The van der Waals surface area contributed by atoms with Crippen LogP contribution in [0.2, 0.25) is 0 Å². The van der Waals surface area contributed by atoms with E-state index in [1.807, 2.05) is 41.8 Å². The molecule has 100 valence electrons. The van der Waals surface area contributed by atoms with Crippen LogP contribution in [-0.2, 0) is 0 Å². The van der Waals surface area contributed by atoms with Crippen molar-refractivity contribution < 1.29 is 4.79 Å². The summed E-state index contributed by atoms with van der Waals surface area (Å²) >= 11 is 6.42. The van der Waals surface area contributed by atoms with Gasteiger partial charge in [-0.15, -0.1) is 22.7 Å². The predicted molar refractivity (Wildman–Crippen MR) is 87.5 cm³/mol. The Morgan fingerprint density at radius 1 is 1.20 bits per heavy atom. The van der Waals surface area contributed by atoms with Crippen LogP contribution in [0.5, 0.6) is 0 Å². The summed E-state index contributed by atoms with van der Waals surface area (Å²) in [4.78, 5) is 18.2. The molecule has 3 rings (SSSR count). The average molecular weight is 365 g/mol. The van der Waals surface area contributed by atoms with Crippen molar-refractivity contribution in [2.45, 2.75) is 0 Å². The molecular weight excluding hydrogens is 356 g/mol. The van der Waals surface area contributed by atoms with Crippen LogP contribution < -0.4 is 5.32 Å². The standard InChI is InChI=1S/C14H9BrN2OS2/c15-9-4-1-2-5-10(9)17-13(18)12-8-16-14(20-12)11-6-3-7-19-11/h1-8H,(H,17,18). The fourth-order valence-electron chi connectivity index (χ4n) is 1.64. The predicted octanol–water partition coefficient (Wildman–Crippen LogP) is 4.89. The first-order valence-corrected chi connectivity index (χ1v) is 8.28.